The van der Waals surface area contributed by atoms with E-state index in [1.54, 1.807) is 24.3 Å². The van der Waals surface area contributed by atoms with Gasteiger partial charge in [0.2, 0.25) is 5.95 Å². The van der Waals surface area contributed by atoms with Crippen LogP contribution < -0.4 is 10.6 Å². The lowest BCUT2D eigenvalue weighted by molar-refractivity contribution is 0.102. The average molecular weight is 392 g/mol. The fourth-order valence-electron chi connectivity index (χ4n) is 3.15. The van der Waals surface area contributed by atoms with Crippen LogP contribution in [-0.4, -0.2) is 22.4 Å². The van der Waals surface area contributed by atoms with Gasteiger partial charge in [0.1, 0.15) is 11.5 Å². The number of carbonyl (C=O) groups is 1. The second-order valence-corrected chi connectivity index (χ2v) is 6.90. The number of nitrogens with zero attached hydrogens (tertiary/aromatic N) is 2. The van der Waals surface area contributed by atoms with Gasteiger partial charge in [0.25, 0.3) is 5.91 Å². The molecular weight excluding hydrogens is 367 g/mol. The molecule has 3 aromatic rings. The van der Waals surface area contributed by atoms with E-state index in [4.69, 9.17) is 0 Å². The Balaban J connectivity index is 1.72. The molecule has 0 atom stereocenters. The van der Waals surface area contributed by atoms with E-state index in [1.807, 2.05) is 32.0 Å². The van der Waals surface area contributed by atoms with Crippen LogP contribution in [0.1, 0.15) is 39.8 Å². The largest absolute Gasteiger partial charge is 0.354 e. The van der Waals surface area contributed by atoms with Crippen molar-refractivity contribution in [3.05, 3.63) is 82.4 Å². The van der Waals surface area contributed by atoms with E-state index in [0.29, 0.717) is 30.2 Å². The molecule has 0 saturated heterocycles. The summed E-state index contributed by atoms with van der Waals surface area (Å²) in [4.78, 5) is 21.5. The third-order valence-electron chi connectivity index (χ3n) is 4.70. The van der Waals surface area contributed by atoms with Crippen LogP contribution in [-0.2, 0) is 12.8 Å². The zero-order chi connectivity index (χ0) is 20.8. The van der Waals surface area contributed by atoms with Gasteiger partial charge >= 0.3 is 0 Å². The fourth-order valence-corrected chi connectivity index (χ4v) is 3.15. The maximum atomic E-state index is 13.7. The number of amides is 1. The lowest BCUT2D eigenvalue weighted by Crippen LogP contribution is -2.18. The van der Waals surface area contributed by atoms with Gasteiger partial charge in [-0.15, -0.1) is 0 Å². The fraction of sp³-hybridized carbons (Fsp3) is 0.261. The maximum absolute atomic E-state index is 13.7. The molecule has 0 saturated carbocycles. The van der Waals surface area contributed by atoms with Crippen LogP contribution in [0, 0.1) is 19.7 Å². The normalized spacial score (nSPS) is 10.6. The molecular formula is C23H25FN4O. The monoisotopic (exact) mass is 392 g/mol. The molecule has 0 bridgehead atoms. The smallest absolute Gasteiger partial charge is 0.274 e. The molecule has 0 radical (unpaired) electrons. The second-order valence-electron chi connectivity index (χ2n) is 6.90. The Morgan fingerprint density at radius 2 is 1.79 bits per heavy atom. The highest BCUT2D eigenvalue weighted by Crippen LogP contribution is 2.22. The van der Waals surface area contributed by atoms with Gasteiger partial charge in [0, 0.05) is 17.9 Å². The standard InChI is InChI=1S/C23H25FN4O/c1-4-17-10-7-8-15(2)21(17)28-22(29)20-14-16(3)26-23(27-20)25-13-12-18-9-5-6-11-19(18)24/h5-11,14H,4,12-13H2,1-3H3,(H,28,29)(H,25,26,27). The third kappa shape index (κ3) is 5.16. The molecule has 29 heavy (non-hydrogen) atoms. The lowest BCUT2D eigenvalue weighted by Gasteiger charge is -2.13. The second kappa shape index (κ2) is 9.28. The van der Waals surface area contributed by atoms with Gasteiger partial charge in [-0.3, -0.25) is 4.79 Å². The minimum Gasteiger partial charge on any atom is -0.354 e. The van der Waals surface area contributed by atoms with Crippen LogP contribution in [0.2, 0.25) is 0 Å². The highest BCUT2D eigenvalue weighted by Gasteiger charge is 2.14. The predicted octanol–water partition coefficient (Wildman–Crippen LogP) is 4.70. The first-order valence-electron chi connectivity index (χ1n) is 9.70. The van der Waals surface area contributed by atoms with Crippen molar-refractivity contribution in [2.45, 2.75) is 33.6 Å². The molecule has 0 aliphatic rings. The summed E-state index contributed by atoms with van der Waals surface area (Å²) >= 11 is 0. The number of nitrogens with one attached hydrogen (secondary N) is 2. The van der Waals surface area contributed by atoms with Crippen LogP contribution in [0.5, 0.6) is 0 Å². The average Bonchev–Trinajstić information content (AvgIpc) is 2.70. The van der Waals surface area contributed by atoms with Crippen molar-refractivity contribution < 1.29 is 9.18 Å². The number of aromatic nitrogens is 2. The SMILES string of the molecule is CCc1cccc(C)c1NC(=O)c1cc(C)nc(NCCc2ccccc2F)n1. The molecule has 150 valence electrons. The first-order valence-corrected chi connectivity index (χ1v) is 9.70. The Kier molecular flexibility index (Phi) is 6.54. The molecule has 1 aromatic heterocycles. The van der Waals surface area contributed by atoms with Crippen molar-refractivity contribution in [1.82, 2.24) is 9.97 Å². The number of hydrogen-bond donors (Lipinski definition) is 2. The lowest BCUT2D eigenvalue weighted by atomic mass is 10.1. The van der Waals surface area contributed by atoms with E-state index < -0.39 is 0 Å². The van der Waals surface area contributed by atoms with Crippen LogP contribution in [0.15, 0.2) is 48.5 Å². The highest BCUT2D eigenvalue weighted by molar-refractivity contribution is 6.04. The van der Waals surface area contributed by atoms with Gasteiger partial charge in [-0.2, -0.15) is 0 Å². The summed E-state index contributed by atoms with van der Waals surface area (Å²) in [6.45, 7) is 6.29. The minimum atomic E-state index is -0.281. The summed E-state index contributed by atoms with van der Waals surface area (Å²) in [5, 5.41) is 6.07. The van der Waals surface area contributed by atoms with Crippen molar-refractivity contribution in [2.75, 3.05) is 17.2 Å². The Hall–Kier alpha value is -3.28. The first-order chi connectivity index (χ1) is 14.0. The third-order valence-corrected chi connectivity index (χ3v) is 4.70. The number of halogens is 1. The molecule has 0 aliphatic heterocycles. The molecule has 2 aromatic carbocycles. The molecule has 0 fully saturated rings. The number of benzene rings is 2. The molecule has 0 spiro atoms. The Labute approximate surface area is 170 Å². The van der Waals surface area contributed by atoms with E-state index in [9.17, 15) is 9.18 Å². The van der Waals surface area contributed by atoms with E-state index in [0.717, 1.165) is 23.2 Å². The zero-order valence-corrected chi connectivity index (χ0v) is 16.9. The van der Waals surface area contributed by atoms with E-state index >= 15 is 0 Å². The number of para-hydroxylation sites is 1. The van der Waals surface area contributed by atoms with Gasteiger partial charge in [-0.05, 0) is 55.5 Å². The molecule has 0 unspecified atom stereocenters. The van der Waals surface area contributed by atoms with Crippen molar-refractivity contribution in [3.8, 4) is 0 Å². The van der Waals surface area contributed by atoms with Crippen LogP contribution in [0.3, 0.4) is 0 Å². The van der Waals surface area contributed by atoms with E-state index in [1.165, 1.54) is 6.07 Å². The van der Waals surface area contributed by atoms with Crippen molar-refractivity contribution in [1.29, 1.82) is 0 Å². The number of rotatable bonds is 7. The van der Waals surface area contributed by atoms with Crippen LogP contribution >= 0.6 is 0 Å². The van der Waals surface area contributed by atoms with Gasteiger partial charge in [-0.25, -0.2) is 14.4 Å². The summed E-state index contributed by atoms with van der Waals surface area (Å²) in [7, 11) is 0. The first kappa shape index (κ1) is 20.5. The van der Waals surface area contributed by atoms with E-state index in [-0.39, 0.29) is 17.4 Å². The zero-order valence-electron chi connectivity index (χ0n) is 16.9. The van der Waals surface area contributed by atoms with Gasteiger partial charge in [0.05, 0.1) is 0 Å². The van der Waals surface area contributed by atoms with Gasteiger partial charge in [-0.1, -0.05) is 43.3 Å². The van der Waals surface area contributed by atoms with Gasteiger partial charge in [0.15, 0.2) is 0 Å². The summed E-state index contributed by atoms with van der Waals surface area (Å²) in [6.07, 6.45) is 1.32. The Morgan fingerprint density at radius 3 is 2.55 bits per heavy atom. The number of hydrogen-bond acceptors (Lipinski definition) is 4. The quantitative estimate of drug-likeness (QED) is 0.611. The minimum absolute atomic E-state index is 0.232. The van der Waals surface area contributed by atoms with Crippen LogP contribution in [0.4, 0.5) is 16.0 Å². The molecule has 3 rings (SSSR count). The topological polar surface area (TPSA) is 66.9 Å². The van der Waals surface area contributed by atoms with Crippen molar-refractivity contribution >= 4 is 17.5 Å². The Bertz CT molecular complexity index is 1020. The number of carbonyl (C=O) groups excluding carboxylic acids is 1. The summed E-state index contributed by atoms with van der Waals surface area (Å²) in [6, 6.07) is 14.3. The number of anilines is 2. The van der Waals surface area contributed by atoms with Crippen molar-refractivity contribution in [2.24, 2.45) is 0 Å². The van der Waals surface area contributed by atoms with Crippen molar-refractivity contribution in [3.63, 3.8) is 0 Å². The molecule has 0 aliphatic carbocycles. The Morgan fingerprint density at radius 1 is 1.03 bits per heavy atom. The number of aryl methyl sites for hydroxylation is 3. The van der Waals surface area contributed by atoms with Crippen LogP contribution in [0.25, 0.3) is 0 Å². The maximum Gasteiger partial charge on any atom is 0.274 e. The summed E-state index contributed by atoms with van der Waals surface area (Å²) in [5.74, 6) is -0.159. The molecule has 5 nitrogen and oxygen atoms in total. The molecule has 1 heterocycles. The highest BCUT2D eigenvalue weighted by atomic mass is 19.1. The summed E-state index contributed by atoms with van der Waals surface area (Å²) in [5.41, 5.74) is 4.50. The molecule has 1 amide bonds. The molecule has 6 heteroatoms. The van der Waals surface area contributed by atoms with E-state index in [2.05, 4.69) is 27.5 Å². The predicted molar refractivity (Wildman–Crippen MR) is 114 cm³/mol. The summed E-state index contributed by atoms with van der Waals surface area (Å²) < 4.78 is 13.7. The molecule has 2 N–H and O–H groups in total. The van der Waals surface area contributed by atoms with Gasteiger partial charge < -0.3 is 10.6 Å².